The average molecular weight is 436 g/mol. The predicted molar refractivity (Wildman–Crippen MR) is 116 cm³/mol. The number of aromatic nitrogens is 1. The number of halogens is 1. The van der Waals surface area contributed by atoms with E-state index in [1.54, 1.807) is 11.3 Å². The van der Waals surface area contributed by atoms with Gasteiger partial charge >= 0.3 is 0 Å². The Hall–Kier alpha value is -2.43. The molecular formula is C23H18BrNOS. The minimum absolute atomic E-state index is 0.519. The number of hydrogen-bond acceptors (Lipinski definition) is 3. The van der Waals surface area contributed by atoms with Gasteiger partial charge in [0.1, 0.15) is 17.4 Å². The second-order valence-electron chi connectivity index (χ2n) is 6.31. The van der Waals surface area contributed by atoms with Crippen LogP contribution in [0.1, 0.15) is 11.1 Å². The van der Waals surface area contributed by atoms with Crippen LogP contribution in [-0.4, -0.2) is 4.98 Å². The Morgan fingerprint density at radius 2 is 1.78 bits per heavy atom. The highest BCUT2D eigenvalue weighted by Crippen LogP contribution is 2.32. The van der Waals surface area contributed by atoms with E-state index in [9.17, 15) is 0 Å². The fraction of sp³-hybridized carbons (Fsp3) is 0.0870. The summed E-state index contributed by atoms with van der Waals surface area (Å²) in [7, 11) is 0. The SMILES string of the molecule is Cc1ccc(OCc2ccccc2-c2nc(-c3cccc(Br)c3)cs2)cc1. The Kier molecular flexibility index (Phi) is 5.37. The summed E-state index contributed by atoms with van der Waals surface area (Å²) in [5.41, 5.74) is 5.58. The van der Waals surface area contributed by atoms with E-state index in [-0.39, 0.29) is 0 Å². The van der Waals surface area contributed by atoms with Crippen molar-refractivity contribution >= 4 is 27.3 Å². The van der Waals surface area contributed by atoms with Gasteiger partial charge in [-0.3, -0.25) is 0 Å². The minimum Gasteiger partial charge on any atom is -0.489 e. The van der Waals surface area contributed by atoms with Crippen LogP contribution in [0.4, 0.5) is 0 Å². The summed E-state index contributed by atoms with van der Waals surface area (Å²) >= 11 is 5.19. The molecule has 0 aliphatic rings. The fourth-order valence-corrected chi connectivity index (χ4v) is 4.12. The minimum atomic E-state index is 0.519. The molecule has 3 aromatic carbocycles. The van der Waals surface area contributed by atoms with Crippen LogP contribution in [0, 0.1) is 6.92 Å². The monoisotopic (exact) mass is 435 g/mol. The molecule has 0 aliphatic heterocycles. The first-order valence-electron chi connectivity index (χ1n) is 8.68. The number of nitrogens with zero attached hydrogens (tertiary/aromatic N) is 1. The zero-order valence-corrected chi connectivity index (χ0v) is 17.3. The van der Waals surface area contributed by atoms with Gasteiger partial charge in [0, 0.05) is 21.0 Å². The molecular weight excluding hydrogens is 418 g/mol. The number of benzene rings is 3. The van der Waals surface area contributed by atoms with Crippen LogP contribution in [0.2, 0.25) is 0 Å². The van der Waals surface area contributed by atoms with Crippen molar-refractivity contribution in [3.05, 3.63) is 93.8 Å². The molecule has 0 saturated heterocycles. The van der Waals surface area contributed by atoms with E-state index < -0.39 is 0 Å². The first-order valence-corrected chi connectivity index (χ1v) is 10.4. The highest BCUT2D eigenvalue weighted by molar-refractivity contribution is 9.10. The summed E-state index contributed by atoms with van der Waals surface area (Å²) in [6, 6.07) is 24.7. The lowest BCUT2D eigenvalue weighted by Gasteiger charge is -2.10. The number of ether oxygens (including phenoxy) is 1. The average Bonchev–Trinajstić information content (AvgIpc) is 3.18. The van der Waals surface area contributed by atoms with Gasteiger partial charge in [0.15, 0.2) is 0 Å². The third-order valence-electron chi connectivity index (χ3n) is 4.29. The molecule has 0 radical (unpaired) electrons. The molecule has 27 heavy (non-hydrogen) atoms. The molecule has 134 valence electrons. The highest BCUT2D eigenvalue weighted by Gasteiger charge is 2.11. The zero-order valence-electron chi connectivity index (χ0n) is 14.9. The Morgan fingerprint density at radius 3 is 2.59 bits per heavy atom. The lowest BCUT2D eigenvalue weighted by atomic mass is 10.1. The lowest BCUT2D eigenvalue weighted by Crippen LogP contribution is -1.97. The molecule has 0 atom stereocenters. The van der Waals surface area contributed by atoms with Crippen molar-refractivity contribution in [2.45, 2.75) is 13.5 Å². The maximum absolute atomic E-state index is 5.99. The smallest absolute Gasteiger partial charge is 0.124 e. The van der Waals surface area contributed by atoms with Crippen molar-refractivity contribution in [2.75, 3.05) is 0 Å². The molecule has 0 spiro atoms. The molecule has 0 amide bonds. The van der Waals surface area contributed by atoms with Gasteiger partial charge < -0.3 is 4.74 Å². The van der Waals surface area contributed by atoms with Crippen LogP contribution in [0.15, 0.2) is 82.6 Å². The highest BCUT2D eigenvalue weighted by atomic mass is 79.9. The van der Waals surface area contributed by atoms with Gasteiger partial charge in [-0.2, -0.15) is 0 Å². The molecule has 4 aromatic rings. The van der Waals surface area contributed by atoms with Crippen molar-refractivity contribution in [3.63, 3.8) is 0 Å². The van der Waals surface area contributed by atoms with Crippen LogP contribution in [0.5, 0.6) is 5.75 Å². The molecule has 4 rings (SSSR count). The molecule has 0 aliphatic carbocycles. The first-order chi connectivity index (χ1) is 13.2. The maximum Gasteiger partial charge on any atom is 0.124 e. The Bertz CT molecular complexity index is 1060. The number of thiazole rings is 1. The quantitative estimate of drug-likeness (QED) is 0.332. The van der Waals surface area contributed by atoms with Crippen LogP contribution >= 0.6 is 27.3 Å². The van der Waals surface area contributed by atoms with Gasteiger partial charge in [0.25, 0.3) is 0 Å². The topological polar surface area (TPSA) is 22.1 Å². The fourth-order valence-electron chi connectivity index (χ4n) is 2.83. The Balaban J connectivity index is 1.58. The lowest BCUT2D eigenvalue weighted by molar-refractivity contribution is 0.306. The third kappa shape index (κ3) is 4.29. The molecule has 1 aromatic heterocycles. The Morgan fingerprint density at radius 1 is 0.963 bits per heavy atom. The van der Waals surface area contributed by atoms with Gasteiger partial charge in [-0.05, 0) is 36.8 Å². The second-order valence-corrected chi connectivity index (χ2v) is 8.08. The van der Waals surface area contributed by atoms with Crippen molar-refractivity contribution in [1.82, 2.24) is 4.98 Å². The maximum atomic E-state index is 5.99. The third-order valence-corrected chi connectivity index (χ3v) is 5.66. The summed E-state index contributed by atoms with van der Waals surface area (Å²) < 4.78 is 7.04. The van der Waals surface area contributed by atoms with E-state index in [0.717, 1.165) is 37.6 Å². The van der Waals surface area contributed by atoms with Gasteiger partial charge in [-0.15, -0.1) is 11.3 Å². The van der Waals surface area contributed by atoms with E-state index in [1.807, 2.05) is 36.4 Å². The van der Waals surface area contributed by atoms with E-state index in [1.165, 1.54) is 5.56 Å². The van der Waals surface area contributed by atoms with Crippen molar-refractivity contribution in [3.8, 4) is 27.6 Å². The molecule has 0 N–H and O–H groups in total. The van der Waals surface area contributed by atoms with Crippen LogP contribution < -0.4 is 4.74 Å². The van der Waals surface area contributed by atoms with Crippen LogP contribution in [0.25, 0.3) is 21.8 Å². The Labute approximate surface area is 171 Å². The normalized spacial score (nSPS) is 10.7. The summed E-state index contributed by atoms with van der Waals surface area (Å²) in [5.74, 6) is 0.879. The molecule has 0 fully saturated rings. The largest absolute Gasteiger partial charge is 0.489 e. The van der Waals surface area contributed by atoms with Crippen molar-refractivity contribution in [2.24, 2.45) is 0 Å². The van der Waals surface area contributed by atoms with Gasteiger partial charge in [0.05, 0.1) is 5.69 Å². The molecule has 2 nitrogen and oxygen atoms in total. The summed E-state index contributed by atoms with van der Waals surface area (Å²) in [6.07, 6.45) is 0. The molecule has 0 bridgehead atoms. The number of hydrogen-bond donors (Lipinski definition) is 0. The van der Waals surface area contributed by atoms with Gasteiger partial charge in [-0.25, -0.2) is 4.98 Å². The van der Waals surface area contributed by atoms with Crippen LogP contribution in [0.3, 0.4) is 0 Å². The molecule has 0 saturated carbocycles. The summed E-state index contributed by atoms with van der Waals surface area (Å²) in [6.45, 7) is 2.59. The van der Waals surface area contributed by atoms with Crippen molar-refractivity contribution in [1.29, 1.82) is 0 Å². The summed E-state index contributed by atoms with van der Waals surface area (Å²) in [5, 5.41) is 3.11. The standard InChI is InChI=1S/C23H18BrNOS/c1-16-9-11-20(12-10-16)26-14-18-5-2-3-8-21(18)23-25-22(15-27-23)17-6-4-7-19(24)13-17/h2-13,15H,14H2,1H3. The number of rotatable bonds is 5. The van der Waals surface area contributed by atoms with Crippen molar-refractivity contribution < 1.29 is 4.74 Å². The van der Waals surface area contributed by atoms with Gasteiger partial charge in [-0.1, -0.05) is 70.0 Å². The zero-order chi connectivity index (χ0) is 18.6. The first kappa shape index (κ1) is 18.0. The number of aryl methyl sites for hydroxylation is 1. The van der Waals surface area contributed by atoms with E-state index in [4.69, 9.17) is 9.72 Å². The molecule has 4 heteroatoms. The van der Waals surface area contributed by atoms with E-state index >= 15 is 0 Å². The molecule has 1 heterocycles. The van der Waals surface area contributed by atoms with E-state index in [2.05, 4.69) is 64.6 Å². The van der Waals surface area contributed by atoms with Crippen LogP contribution in [-0.2, 0) is 6.61 Å². The molecule has 0 unspecified atom stereocenters. The second kappa shape index (κ2) is 8.07. The summed E-state index contributed by atoms with van der Waals surface area (Å²) in [4.78, 5) is 4.86. The van der Waals surface area contributed by atoms with E-state index in [0.29, 0.717) is 6.61 Å². The van der Waals surface area contributed by atoms with Gasteiger partial charge in [0.2, 0.25) is 0 Å². The predicted octanol–water partition coefficient (Wildman–Crippen LogP) is 7.13.